The fourth-order valence-electron chi connectivity index (χ4n) is 4.41. The van der Waals surface area contributed by atoms with Gasteiger partial charge in [-0.15, -0.1) is 0 Å². The zero-order chi connectivity index (χ0) is 17.3. The Morgan fingerprint density at radius 2 is 1.83 bits per heavy atom. The van der Waals surface area contributed by atoms with Gasteiger partial charge in [-0.3, -0.25) is 9.78 Å². The zero-order valence-corrected chi connectivity index (χ0v) is 15.6. The van der Waals surface area contributed by atoms with E-state index in [1.165, 1.54) is 0 Å². The fraction of sp³-hybridized carbons (Fsp3) is 0.700. The molecule has 1 aromatic rings. The highest BCUT2D eigenvalue weighted by atomic mass is 16.1. The van der Waals surface area contributed by atoms with Gasteiger partial charge < -0.3 is 5.32 Å². The number of hydrogen-bond acceptors (Lipinski definition) is 2. The first kappa shape index (κ1) is 18.0. The Kier molecular flexibility index (Phi) is 4.89. The van der Waals surface area contributed by atoms with Gasteiger partial charge in [-0.25, -0.2) is 0 Å². The van der Waals surface area contributed by atoms with E-state index in [4.69, 9.17) is 0 Å². The average molecular weight is 316 g/mol. The summed E-state index contributed by atoms with van der Waals surface area (Å²) in [5, 5.41) is 3.26. The van der Waals surface area contributed by atoms with Gasteiger partial charge in [0, 0.05) is 17.9 Å². The normalized spacial score (nSPS) is 28.7. The molecule has 1 heterocycles. The van der Waals surface area contributed by atoms with Crippen molar-refractivity contribution in [1.29, 1.82) is 0 Å². The number of amides is 1. The maximum Gasteiger partial charge on any atom is 0.253 e. The molecule has 1 fully saturated rings. The van der Waals surface area contributed by atoms with Gasteiger partial charge in [-0.2, -0.15) is 0 Å². The summed E-state index contributed by atoms with van der Waals surface area (Å²) in [7, 11) is 0. The molecule has 3 nitrogen and oxygen atoms in total. The minimum Gasteiger partial charge on any atom is -0.347 e. The Balaban J connectivity index is 2.09. The van der Waals surface area contributed by atoms with Crippen molar-refractivity contribution in [2.24, 2.45) is 16.7 Å². The van der Waals surface area contributed by atoms with Gasteiger partial charge in [0.25, 0.3) is 5.91 Å². The molecule has 0 radical (unpaired) electrons. The van der Waals surface area contributed by atoms with Crippen molar-refractivity contribution in [3.05, 3.63) is 30.1 Å². The van der Waals surface area contributed by atoms with Crippen molar-refractivity contribution in [1.82, 2.24) is 10.3 Å². The van der Waals surface area contributed by atoms with Crippen LogP contribution in [0.2, 0.25) is 0 Å². The first-order valence-electron chi connectivity index (χ1n) is 8.82. The summed E-state index contributed by atoms with van der Waals surface area (Å²) in [6, 6.07) is 3.63. The molecule has 1 N–H and O–H groups in total. The second kappa shape index (κ2) is 6.26. The summed E-state index contributed by atoms with van der Waals surface area (Å²) in [5.41, 5.74) is 1.17. The maximum atomic E-state index is 12.5. The van der Waals surface area contributed by atoms with Crippen LogP contribution in [0.1, 0.15) is 77.6 Å². The van der Waals surface area contributed by atoms with Gasteiger partial charge in [0.15, 0.2) is 0 Å². The Hall–Kier alpha value is -1.38. The Morgan fingerprint density at radius 3 is 2.26 bits per heavy atom. The molecule has 1 aliphatic carbocycles. The third-order valence-corrected chi connectivity index (χ3v) is 6.18. The molecular weight excluding hydrogens is 284 g/mol. The summed E-state index contributed by atoms with van der Waals surface area (Å²) in [6.45, 7) is 14.0. The molecule has 0 aromatic carbocycles. The number of rotatable bonds is 3. The SMILES string of the molecule is CC(C)C1(C(C)(C)C)CCC(C)(NC(=O)c2cccnc2)CC1. The molecule has 0 saturated heterocycles. The maximum absolute atomic E-state index is 12.5. The second-order valence-electron chi connectivity index (χ2n) is 8.82. The van der Waals surface area contributed by atoms with Crippen LogP contribution in [0.15, 0.2) is 24.5 Å². The largest absolute Gasteiger partial charge is 0.347 e. The third kappa shape index (κ3) is 3.59. The molecule has 0 unspecified atom stereocenters. The first-order valence-corrected chi connectivity index (χ1v) is 8.82. The summed E-state index contributed by atoms with van der Waals surface area (Å²) >= 11 is 0. The molecule has 1 amide bonds. The molecule has 0 atom stereocenters. The van der Waals surface area contributed by atoms with E-state index < -0.39 is 0 Å². The second-order valence-corrected chi connectivity index (χ2v) is 8.82. The molecule has 128 valence electrons. The van der Waals surface area contributed by atoms with Crippen molar-refractivity contribution >= 4 is 5.91 Å². The lowest BCUT2D eigenvalue weighted by molar-refractivity contribution is -0.0300. The van der Waals surface area contributed by atoms with E-state index in [9.17, 15) is 4.79 Å². The van der Waals surface area contributed by atoms with E-state index in [2.05, 4.69) is 51.8 Å². The van der Waals surface area contributed by atoms with E-state index in [0.717, 1.165) is 25.7 Å². The van der Waals surface area contributed by atoms with Crippen LogP contribution in [0.25, 0.3) is 0 Å². The summed E-state index contributed by atoms with van der Waals surface area (Å²) in [4.78, 5) is 16.5. The molecule has 1 saturated carbocycles. The van der Waals surface area contributed by atoms with Gasteiger partial charge in [0.2, 0.25) is 0 Å². The van der Waals surface area contributed by atoms with Crippen molar-refractivity contribution in [2.45, 2.75) is 72.8 Å². The number of pyridine rings is 1. The third-order valence-electron chi connectivity index (χ3n) is 6.18. The molecule has 2 rings (SSSR count). The van der Waals surface area contributed by atoms with Crippen LogP contribution in [-0.4, -0.2) is 16.4 Å². The Morgan fingerprint density at radius 1 is 1.22 bits per heavy atom. The summed E-state index contributed by atoms with van der Waals surface area (Å²) in [6.07, 6.45) is 7.73. The minimum atomic E-state index is -0.115. The highest BCUT2D eigenvalue weighted by Crippen LogP contribution is 2.55. The number of carbonyl (C=O) groups excluding carboxylic acids is 1. The quantitative estimate of drug-likeness (QED) is 0.867. The van der Waals surface area contributed by atoms with Gasteiger partial charge in [-0.05, 0) is 61.5 Å². The van der Waals surface area contributed by atoms with Crippen molar-refractivity contribution < 1.29 is 4.79 Å². The average Bonchev–Trinajstić information content (AvgIpc) is 2.47. The standard InChI is InChI=1S/C20H32N2O/c1-15(2)20(18(3,4)5)11-9-19(6,10-12-20)22-17(23)16-8-7-13-21-14-16/h7-8,13-15H,9-12H2,1-6H3,(H,22,23). The van der Waals surface area contributed by atoms with E-state index in [1.807, 2.05) is 12.1 Å². The lowest BCUT2D eigenvalue weighted by Crippen LogP contribution is -2.53. The predicted octanol–water partition coefficient (Wildman–Crippen LogP) is 4.83. The van der Waals surface area contributed by atoms with Crippen LogP contribution in [0.5, 0.6) is 0 Å². The molecular formula is C20H32N2O. The van der Waals surface area contributed by atoms with Gasteiger partial charge >= 0.3 is 0 Å². The van der Waals surface area contributed by atoms with Crippen LogP contribution >= 0.6 is 0 Å². The topological polar surface area (TPSA) is 42.0 Å². The number of nitrogens with zero attached hydrogens (tertiary/aromatic N) is 1. The van der Waals surface area contributed by atoms with Crippen LogP contribution in [0, 0.1) is 16.7 Å². The number of nitrogens with one attached hydrogen (secondary N) is 1. The van der Waals surface area contributed by atoms with Crippen molar-refractivity contribution in [2.75, 3.05) is 0 Å². The van der Waals surface area contributed by atoms with Gasteiger partial charge in [0.1, 0.15) is 0 Å². The smallest absolute Gasteiger partial charge is 0.253 e. The Bertz CT molecular complexity index is 535. The van der Waals surface area contributed by atoms with Crippen LogP contribution in [0.4, 0.5) is 0 Å². The van der Waals surface area contributed by atoms with Crippen molar-refractivity contribution in [3.8, 4) is 0 Å². The molecule has 23 heavy (non-hydrogen) atoms. The molecule has 0 bridgehead atoms. The highest BCUT2D eigenvalue weighted by molar-refractivity contribution is 5.94. The molecule has 3 heteroatoms. The molecule has 0 spiro atoms. The van der Waals surface area contributed by atoms with Gasteiger partial charge in [-0.1, -0.05) is 34.6 Å². The Labute approximate surface area is 141 Å². The zero-order valence-electron chi connectivity index (χ0n) is 15.6. The van der Waals surface area contributed by atoms with E-state index in [-0.39, 0.29) is 16.9 Å². The fourth-order valence-corrected chi connectivity index (χ4v) is 4.41. The minimum absolute atomic E-state index is 0.00611. The lowest BCUT2D eigenvalue weighted by Gasteiger charge is -2.54. The molecule has 1 aromatic heterocycles. The van der Waals surface area contributed by atoms with E-state index >= 15 is 0 Å². The van der Waals surface area contributed by atoms with E-state index in [0.29, 0.717) is 16.9 Å². The van der Waals surface area contributed by atoms with Crippen LogP contribution in [-0.2, 0) is 0 Å². The highest BCUT2D eigenvalue weighted by Gasteiger charge is 2.49. The molecule has 0 aliphatic heterocycles. The number of carbonyl (C=O) groups is 1. The number of hydrogen-bond donors (Lipinski definition) is 1. The first-order chi connectivity index (χ1) is 10.6. The summed E-state index contributed by atoms with van der Waals surface area (Å²) in [5.74, 6) is 0.648. The van der Waals surface area contributed by atoms with Crippen LogP contribution in [0.3, 0.4) is 0 Å². The number of aromatic nitrogens is 1. The monoisotopic (exact) mass is 316 g/mol. The summed E-state index contributed by atoms with van der Waals surface area (Å²) < 4.78 is 0. The van der Waals surface area contributed by atoms with Crippen LogP contribution < -0.4 is 5.32 Å². The lowest BCUT2D eigenvalue weighted by atomic mass is 9.52. The molecule has 1 aliphatic rings. The predicted molar refractivity (Wildman–Crippen MR) is 95.3 cm³/mol. The van der Waals surface area contributed by atoms with Crippen molar-refractivity contribution in [3.63, 3.8) is 0 Å². The van der Waals surface area contributed by atoms with E-state index in [1.54, 1.807) is 12.4 Å². The van der Waals surface area contributed by atoms with Gasteiger partial charge in [0.05, 0.1) is 5.56 Å².